The van der Waals surface area contributed by atoms with Crippen LogP contribution in [0.2, 0.25) is 0 Å². The van der Waals surface area contributed by atoms with Crippen molar-refractivity contribution in [1.82, 2.24) is 9.88 Å². The van der Waals surface area contributed by atoms with Crippen LogP contribution in [0.15, 0.2) is 24.5 Å². The van der Waals surface area contributed by atoms with Crippen molar-refractivity contribution in [2.24, 2.45) is 5.73 Å². The highest BCUT2D eigenvalue weighted by atomic mass is 16.5. The average Bonchev–Trinajstić information content (AvgIpc) is 3.08. The molecule has 0 radical (unpaired) electrons. The Morgan fingerprint density at radius 3 is 2.95 bits per heavy atom. The van der Waals surface area contributed by atoms with Crippen molar-refractivity contribution in [1.29, 1.82) is 0 Å². The average molecular weight is 261 g/mol. The molecule has 1 aromatic rings. The SMILES string of the molecule is NC1(C(=O)N2CCCC2c2ccncc2)CCOC1. The summed E-state index contributed by atoms with van der Waals surface area (Å²) in [4.78, 5) is 18.6. The molecule has 0 aliphatic carbocycles. The first-order chi connectivity index (χ1) is 9.21. The Bertz CT molecular complexity index is 457. The molecule has 5 heteroatoms. The molecule has 0 saturated carbocycles. The Balaban J connectivity index is 1.82. The molecule has 102 valence electrons. The zero-order valence-corrected chi connectivity index (χ0v) is 10.9. The monoisotopic (exact) mass is 261 g/mol. The predicted octanol–water partition coefficient (Wildman–Crippen LogP) is 0.863. The number of amides is 1. The Labute approximate surface area is 112 Å². The summed E-state index contributed by atoms with van der Waals surface area (Å²) < 4.78 is 5.30. The number of aromatic nitrogens is 1. The number of hydrogen-bond donors (Lipinski definition) is 1. The third kappa shape index (κ3) is 2.24. The van der Waals surface area contributed by atoms with E-state index in [1.165, 1.54) is 0 Å². The van der Waals surface area contributed by atoms with Gasteiger partial charge >= 0.3 is 0 Å². The van der Waals surface area contributed by atoms with E-state index in [-0.39, 0.29) is 11.9 Å². The fraction of sp³-hybridized carbons (Fsp3) is 0.571. The molecule has 2 aliphatic heterocycles. The van der Waals surface area contributed by atoms with Gasteiger partial charge in [0.1, 0.15) is 5.54 Å². The van der Waals surface area contributed by atoms with Crippen LogP contribution in [0.4, 0.5) is 0 Å². The molecule has 2 unspecified atom stereocenters. The van der Waals surface area contributed by atoms with Crippen molar-refractivity contribution < 1.29 is 9.53 Å². The maximum atomic E-state index is 12.7. The van der Waals surface area contributed by atoms with Gasteiger partial charge in [-0.2, -0.15) is 0 Å². The van der Waals surface area contributed by atoms with E-state index in [1.807, 2.05) is 17.0 Å². The summed E-state index contributed by atoms with van der Waals surface area (Å²) in [6.45, 7) is 1.70. The molecular weight excluding hydrogens is 242 g/mol. The quantitative estimate of drug-likeness (QED) is 0.857. The van der Waals surface area contributed by atoms with Gasteiger partial charge in [-0.3, -0.25) is 9.78 Å². The smallest absolute Gasteiger partial charge is 0.245 e. The molecule has 0 aromatic carbocycles. The topological polar surface area (TPSA) is 68.5 Å². The van der Waals surface area contributed by atoms with Crippen molar-refractivity contribution in [3.63, 3.8) is 0 Å². The standard InChI is InChI=1S/C14H19N3O2/c15-14(5-9-19-10-14)13(18)17-8-1-2-12(17)11-3-6-16-7-4-11/h3-4,6-7,12H,1-2,5,8-10,15H2. The summed E-state index contributed by atoms with van der Waals surface area (Å²) in [6.07, 6.45) is 6.17. The highest BCUT2D eigenvalue weighted by Gasteiger charge is 2.44. The van der Waals surface area contributed by atoms with Gasteiger partial charge in [-0.05, 0) is 37.0 Å². The summed E-state index contributed by atoms with van der Waals surface area (Å²) in [6, 6.07) is 4.09. The van der Waals surface area contributed by atoms with Crippen molar-refractivity contribution in [2.45, 2.75) is 30.8 Å². The minimum Gasteiger partial charge on any atom is -0.379 e. The largest absolute Gasteiger partial charge is 0.379 e. The minimum absolute atomic E-state index is 0.0318. The fourth-order valence-corrected chi connectivity index (χ4v) is 2.98. The summed E-state index contributed by atoms with van der Waals surface area (Å²) in [5.41, 5.74) is 6.51. The molecule has 19 heavy (non-hydrogen) atoms. The van der Waals surface area contributed by atoms with Gasteiger partial charge in [0.25, 0.3) is 0 Å². The predicted molar refractivity (Wildman–Crippen MR) is 70.3 cm³/mol. The van der Waals surface area contributed by atoms with Crippen molar-refractivity contribution in [2.75, 3.05) is 19.8 Å². The third-order valence-corrected chi connectivity index (χ3v) is 4.08. The first kappa shape index (κ1) is 12.6. The number of ether oxygens (including phenoxy) is 1. The second kappa shape index (κ2) is 4.90. The number of likely N-dealkylation sites (tertiary alicyclic amines) is 1. The molecule has 0 spiro atoms. The van der Waals surface area contributed by atoms with E-state index in [0.29, 0.717) is 19.6 Å². The van der Waals surface area contributed by atoms with Gasteiger partial charge in [0.05, 0.1) is 12.6 Å². The van der Waals surface area contributed by atoms with Crippen LogP contribution in [0, 0.1) is 0 Å². The molecule has 2 saturated heterocycles. The van der Waals surface area contributed by atoms with Crippen LogP contribution in [-0.4, -0.2) is 41.1 Å². The summed E-state index contributed by atoms with van der Waals surface area (Å²) in [5, 5.41) is 0. The van der Waals surface area contributed by atoms with Crippen molar-refractivity contribution in [3.05, 3.63) is 30.1 Å². The highest BCUT2D eigenvalue weighted by molar-refractivity contribution is 5.87. The fourth-order valence-electron chi connectivity index (χ4n) is 2.98. The van der Waals surface area contributed by atoms with Crippen LogP contribution in [0.25, 0.3) is 0 Å². The van der Waals surface area contributed by atoms with Gasteiger partial charge < -0.3 is 15.4 Å². The van der Waals surface area contributed by atoms with Crippen LogP contribution >= 0.6 is 0 Å². The molecule has 3 heterocycles. The van der Waals surface area contributed by atoms with Gasteiger partial charge in [-0.25, -0.2) is 0 Å². The molecule has 2 N–H and O–H groups in total. The zero-order valence-electron chi connectivity index (χ0n) is 10.9. The number of carbonyl (C=O) groups excluding carboxylic acids is 1. The maximum Gasteiger partial charge on any atom is 0.245 e. The lowest BCUT2D eigenvalue weighted by molar-refractivity contribution is -0.138. The molecule has 0 bridgehead atoms. The number of nitrogens with zero attached hydrogens (tertiary/aromatic N) is 2. The maximum absolute atomic E-state index is 12.7. The van der Waals surface area contributed by atoms with E-state index >= 15 is 0 Å². The van der Waals surface area contributed by atoms with E-state index in [2.05, 4.69) is 4.98 Å². The van der Waals surface area contributed by atoms with Gasteiger partial charge in [-0.1, -0.05) is 0 Å². The molecule has 2 fully saturated rings. The van der Waals surface area contributed by atoms with Gasteiger partial charge in [0.2, 0.25) is 5.91 Å². The van der Waals surface area contributed by atoms with Crippen LogP contribution in [0.3, 0.4) is 0 Å². The molecule has 3 rings (SSSR count). The second-order valence-electron chi connectivity index (χ2n) is 5.40. The second-order valence-corrected chi connectivity index (χ2v) is 5.40. The lowest BCUT2D eigenvalue weighted by atomic mass is 9.97. The number of nitrogens with two attached hydrogens (primary N) is 1. The minimum atomic E-state index is -0.824. The summed E-state index contributed by atoms with van der Waals surface area (Å²) in [7, 11) is 0. The molecule has 1 aromatic heterocycles. The Morgan fingerprint density at radius 2 is 2.26 bits per heavy atom. The van der Waals surface area contributed by atoms with Crippen molar-refractivity contribution in [3.8, 4) is 0 Å². The molecule has 5 nitrogen and oxygen atoms in total. The summed E-state index contributed by atoms with van der Waals surface area (Å²) >= 11 is 0. The third-order valence-electron chi connectivity index (χ3n) is 4.08. The van der Waals surface area contributed by atoms with Gasteiger partial charge in [0, 0.05) is 25.5 Å². The first-order valence-corrected chi connectivity index (χ1v) is 6.78. The van der Waals surface area contributed by atoms with E-state index in [4.69, 9.17) is 10.5 Å². The van der Waals surface area contributed by atoms with Crippen LogP contribution in [0.5, 0.6) is 0 Å². The van der Waals surface area contributed by atoms with E-state index in [9.17, 15) is 4.79 Å². The molecule has 2 aliphatic rings. The normalized spacial score (nSPS) is 30.8. The molecule has 2 atom stereocenters. The van der Waals surface area contributed by atoms with Crippen LogP contribution in [-0.2, 0) is 9.53 Å². The lowest BCUT2D eigenvalue weighted by Crippen LogP contribution is -2.55. The van der Waals surface area contributed by atoms with E-state index < -0.39 is 5.54 Å². The Morgan fingerprint density at radius 1 is 1.47 bits per heavy atom. The Hall–Kier alpha value is -1.46. The van der Waals surface area contributed by atoms with Crippen LogP contribution in [0.1, 0.15) is 30.9 Å². The van der Waals surface area contributed by atoms with E-state index in [0.717, 1.165) is 24.9 Å². The number of pyridine rings is 1. The number of carbonyl (C=O) groups is 1. The van der Waals surface area contributed by atoms with Gasteiger partial charge in [-0.15, -0.1) is 0 Å². The number of hydrogen-bond acceptors (Lipinski definition) is 4. The zero-order chi connectivity index (χ0) is 13.3. The Kier molecular flexibility index (Phi) is 3.24. The van der Waals surface area contributed by atoms with Crippen LogP contribution < -0.4 is 5.73 Å². The van der Waals surface area contributed by atoms with Gasteiger partial charge in [0.15, 0.2) is 0 Å². The van der Waals surface area contributed by atoms with E-state index in [1.54, 1.807) is 12.4 Å². The van der Waals surface area contributed by atoms with Crippen molar-refractivity contribution >= 4 is 5.91 Å². The molecule has 1 amide bonds. The highest BCUT2D eigenvalue weighted by Crippen LogP contribution is 2.34. The summed E-state index contributed by atoms with van der Waals surface area (Å²) in [5.74, 6) is 0.0318. The molecular formula is C14H19N3O2. The lowest BCUT2D eigenvalue weighted by Gasteiger charge is -2.32. The first-order valence-electron chi connectivity index (χ1n) is 6.78. The number of rotatable bonds is 2.